The lowest BCUT2D eigenvalue weighted by molar-refractivity contribution is 0.0947. The number of hydrogen-bond acceptors (Lipinski definition) is 3. The van der Waals surface area contributed by atoms with Crippen LogP contribution in [0.2, 0.25) is 5.02 Å². The van der Waals surface area contributed by atoms with E-state index in [-0.39, 0.29) is 28.6 Å². The lowest BCUT2D eigenvalue weighted by atomic mass is 10.0. The Balaban J connectivity index is 2.45. The second kappa shape index (κ2) is 8.32. The number of rotatable bonds is 5. The molecule has 0 saturated heterocycles. The Labute approximate surface area is 168 Å². The molecule has 1 N–H and O–H groups in total. The zero-order valence-electron chi connectivity index (χ0n) is 15.8. The Morgan fingerprint density at radius 1 is 1.39 bits per heavy atom. The van der Waals surface area contributed by atoms with Crippen LogP contribution in [0.25, 0.3) is 6.08 Å². The zero-order chi connectivity index (χ0) is 21.1. The van der Waals surface area contributed by atoms with Gasteiger partial charge in [0.1, 0.15) is 5.75 Å². The fraction of sp³-hybridized carbons (Fsp3) is 0.238. The van der Waals surface area contributed by atoms with E-state index in [0.717, 1.165) is 4.90 Å². The van der Waals surface area contributed by atoms with Gasteiger partial charge in [-0.25, -0.2) is 9.18 Å². The summed E-state index contributed by atoms with van der Waals surface area (Å²) < 4.78 is 20.7. The second-order valence-corrected chi connectivity index (χ2v) is 7.51. The summed E-state index contributed by atoms with van der Waals surface area (Å²) >= 11 is 6.11. The van der Waals surface area contributed by atoms with Crippen LogP contribution in [0.4, 0.5) is 9.18 Å². The van der Waals surface area contributed by atoms with Crippen LogP contribution in [0.5, 0.6) is 11.5 Å². The first kappa shape index (κ1) is 21.3. The zero-order valence-corrected chi connectivity index (χ0v) is 16.5. The molecule has 2 aromatic rings. The molecule has 0 heterocycles. The van der Waals surface area contributed by atoms with Crippen molar-refractivity contribution in [2.75, 3.05) is 0 Å². The van der Waals surface area contributed by atoms with E-state index in [1.165, 1.54) is 24.3 Å². The Bertz CT molecular complexity index is 961. The summed E-state index contributed by atoms with van der Waals surface area (Å²) in [4.78, 5) is 12.7. The topological polar surface area (TPSA) is 73.6 Å². The van der Waals surface area contributed by atoms with Crippen molar-refractivity contribution in [3.8, 4) is 17.6 Å². The van der Waals surface area contributed by atoms with Crippen molar-refractivity contribution in [1.82, 2.24) is 4.90 Å². The third-order valence-corrected chi connectivity index (χ3v) is 4.31. The molecular formula is C21H20ClFN2O3. The van der Waals surface area contributed by atoms with Gasteiger partial charge in [-0.1, -0.05) is 30.3 Å². The molecule has 1 amide bonds. The van der Waals surface area contributed by atoms with E-state index in [2.05, 4.69) is 6.58 Å². The van der Waals surface area contributed by atoms with Gasteiger partial charge in [0.25, 0.3) is 0 Å². The van der Waals surface area contributed by atoms with Crippen LogP contribution in [0.3, 0.4) is 0 Å². The van der Waals surface area contributed by atoms with E-state index in [0.29, 0.717) is 11.1 Å². The van der Waals surface area contributed by atoms with Gasteiger partial charge in [0.2, 0.25) is 0 Å². The normalized spacial score (nSPS) is 10.9. The Morgan fingerprint density at radius 2 is 2.07 bits per heavy atom. The summed E-state index contributed by atoms with van der Waals surface area (Å²) in [5.41, 5.74) is 0.354. The van der Waals surface area contributed by atoms with Crippen LogP contribution < -0.4 is 4.74 Å². The van der Waals surface area contributed by atoms with Crippen LogP contribution in [0, 0.1) is 17.1 Å². The Hall–Kier alpha value is -3.04. The number of nitriles is 1. The maximum atomic E-state index is 15.1. The summed E-state index contributed by atoms with van der Waals surface area (Å²) in [6.45, 7) is 8.63. The average Bonchev–Trinajstić information content (AvgIpc) is 2.62. The van der Waals surface area contributed by atoms with Crippen molar-refractivity contribution < 1.29 is 19.0 Å². The highest BCUT2D eigenvalue weighted by Crippen LogP contribution is 2.35. The second-order valence-electron chi connectivity index (χ2n) is 7.10. The maximum absolute atomic E-state index is 15.1. The summed E-state index contributed by atoms with van der Waals surface area (Å²) in [5, 5.41) is 18.6. The standard InChI is InChI=1S/C21H20ClFN2O3/c1-5-13-8-14(11-24)10-16(9-13)28-19-17(22)7-6-15(18(19)23)12-25(20(26)27)21(2,3)4/h5-10H,1,12H2,2-4H3,(H,26,27). The predicted molar refractivity (Wildman–Crippen MR) is 106 cm³/mol. The lowest BCUT2D eigenvalue weighted by Gasteiger charge is -2.33. The highest BCUT2D eigenvalue weighted by Gasteiger charge is 2.28. The predicted octanol–water partition coefficient (Wildman–Crippen LogP) is 6.06. The Morgan fingerprint density at radius 3 is 2.61 bits per heavy atom. The van der Waals surface area contributed by atoms with Crippen LogP contribution in [0.1, 0.15) is 37.5 Å². The van der Waals surface area contributed by atoms with Gasteiger partial charge in [-0.05, 0) is 50.6 Å². The number of carbonyl (C=O) groups is 1. The van der Waals surface area contributed by atoms with E-state index in [1.807, 2.05) is 6.07 Å². The minimum Gasteiger partial charge on any atom is -0.465 e. The molecule has 28 heavy (non-hydrogen) atoms. The van der Waals surface area contributed by atoms with E-state index >= 15 is 4.39 Å². The van der Waals surface area contributed by atoms with E-state index in [9.17, 15) is 9.90 Å². The largest absolute Gasteiger partial charge is 0.465 e. The molecule has 0 spiro atoms. The van der Waals surface area contributed by atoms with E-state index < -0.39 is 17.4 Å². The molecule has 2 aromatic carbocycles. The fourth-order valence-corrected chi connectivity index (χ4v) is 2.72. The molecule has 0 aliphatic rings. The molecule has 0 aromatic heterocycles. The molecule has 5 nitrogen and oxygen atoms in total. The van der Waals surface area contributed by atoms with Gasteiger partial charge in [-0.15, -0.1) is 0 Å². The molecular weight excluding hydrogens is 383 g/mol. The van der Waals surface area contributed by atoms with Crippen LogP contribution in [0.15, 0.2) is 36.9 Å². The monoisotopic (exact) mass is 402 g/mol. The number of halogens is 2. The number of hydrogen-bond donors (Lipinski definition) is 1. The fourth-order valence-electron chi connectivity index (χ4n) is 2.53. The van der Waals surface area contributed by atoms with Crippen LogP contribution >= 0.6 is 11.6 Å². The first-order valence-electron chi connectivity index (χ1n) is 8.39. The smallest absolute Gasteiger partial charge is 0.408 e. The number of nitrogens with zero attached hydrogens (tertiary/aromatic N) is 2. The van der Waals surface area contributed by atoms with Crippen molar-refractivity contribution >= 4 is 23.8 Å². The highest BCUT2D eigenvalue weighted by molar-refractivity contribution is 6.32. The number of amides is 1. The molecule has 0 saturated carbocycles. The van der Waals surface area contributed by atoms with Gasteiger partial charge in [-0.3, -0.25) is 4.90 Å². The van der Waals surface area contributed by atoms with Gasteiger partial charge >= 0.3 is 6.09 Å². The summed E-state index contributed by atoms with van der Waals surface area (Å²) in [7, 11) is 0. The molecule has 0 atom stereocenters. The molecule has 2 rings (SSSR count). The molecule has 0 fully saturated rings. The first-order valence-corrected chi connectivity index (χ1v) is 8.77. The first-order chi connectivity index (χ1) is 13.1. The minimum atomic E-state index is -1.17. The van der Waals surface area contributed by atoms with Crippen molar-refractivity contribution in [3.63, 3.8) is 0 Å². The van der Waals surface area contributed by atoms with Crippen molar-refractivity contribution in [2.24, 2.45) is 0 Å². The van der Waals surface area contributed by atoms with Crippen molar-refractivity contribution in [1.29, 1.82) is 5.26 Å². The molecule has 0 aliphatic carbocycles. The third-order valence-electron chi connectivity index (χ3n) is 4.01. The van der Waals surface area contributed by atoms with Gasteiger partial charge in [0.05, 0.1) is 23.2 Å². The summed E-state index contributed by atoms with van der Waals surface area (Å²) in [6.07, 6.45) is 0.373. The molecule has 0 radical (unpaired) electrons. The van der Waals surface area contributed by atoms with Gasteiger partial charge in [0, 0.05) is 11.1 Å². The molecule has 146 valence electrons. The van der Waals surface area contributed by atoms with Gasteiger partial charge in [-0.2, -0.15) is 5.26 Å². The lowest BCUT2D eigenvalue weighted by Crippen LogP contribution is -2.44. The SMILES string of the molecule is C=Cc1cc(C#N)cc(Oc2c(Cl)ccc(CN(C(=O)O)C(C)(C)C)c2F)c1. The third kappa shape index (κ3) is 4.81. The van der Waals surface area contributed by atoms with Crippen molar-refractivity contribution in [2.45, 2.75) is 32.9 Å². The number of carboxylic acid groups (broad SMARTS) is 1. The number of benzene rings is 2. The minimum absolute atomic E-state index is 0.0291. The quantitative estimate of drug-likeness (QED) is 0.659. The Kier molecular flexibility index (Phi) is 6.32. The van der Waals surface area contributed by atoms with Crippen LogP contribution in [-0.4, -0.2) is 21.6 Å². The molecule has 0 bridgehead atoms. The summed E-state index contributed by atoms with van der Waals surface area (Å²) in [5.74, 6) is -0.771. The van der Waals surface area contributed by atoms with Gasteiger partial charge in [0.15, 0.2) is 11.6 Å². The molecule has 0 unspecified atom stereocenters. The highest BCUT2D eigenvalue weighted by atomic mass is 35.5. The van der Waals surface area contributed by atoms with E-state index in [1.54, 1.807) is 32.9 Å². The maximum Gasteiger partial charge on any atom is 0.408 e. The molecule has 0 aliphatic heterocycles. The number of ether oxygens (including phenoxy) is 1. The van der Waals surface area contributed by atoms with Crippen LogP contribution in [-0.2, 0) is 6.54 Å². The average molecular weight is 403 g/mol. The molecule has 7 heteroatoms. The van der Waals surface area contributed by atoms with Gasteiger partial charge < -0.3 is 9.84 Å². The van der Waals surface area contributed by atoms with E-state index in [4.69, 9.17) is 21.6 Å². The van der Waals surface area contributed by atoms with Crippen molar-refractivity contribution in [3.05, 3.63) is 64.4 Å². The summed E-state index contributed by atoms with van der Waals surface area (Å²) in [6, 6.07) is 9.52.